The van der Waals surface area contributed by atoms with E-state index in [2.05, 4.69) is 12.2 Å². The third kappa shape index (κ3) is 4.29. The molecule has 1 N–H and O–H groups in total. The third-order valence-electron chi connectivity index (χ3n) is 3.28. The molecule has 0 bridgehead atoms. The zero-order valence-electron chi connectivity index (χ0n) is 11.6. The third-order valence-corrected chi connectivity index (χ3v) is 3.52. The van der Waals surface area contributed by atoms with Crippen molar-refractivity contribution in [1.82, 2.24) is 0 Å². The van der Waals surface area contributed by atoms with Gasteiger partial charge in [-0.05, 0) is 43.4 Å². The number of rotatable bonds is 8. The van der Waals surface area contributed by atoms with Crippen molar-refractivity contribution >= 4 is 17.3 Å². The van der Waals surface area contributed by atoms with Gasteiger partial charge < -0.3 is 14.8 Å². The second kappa shape index (κ2) is 7.01. The van der Waals surface area contributed by atoms with Crippen LogP contribution in [0.5, 0.6) is 5.75 Å². The first-order valence-corrected chi connectivity index (χ1v) is 7.30. The standard InChI is InChI=1S/C15H22ClNO2/c1-3-8-19-15-7-6-12(16)9-13(15)17-14(10-18-2)11-4-5-11/h6-7,9,11,14,17H,3-5,8,10H2,1-2H3. The Hall–Kier alpha value is -0.930. The lowest BCUT2D eigenvalue weighted by Gasteiger charge is -2.21. The Morgan fingerprint density at radius 2 is 2.21 bits per heavy atom. The number of hydrogen-bond donors (Lipinski definition) is 1. The van der Waals surface area contributed by atoms with Gasteiger partial charge in [-0.1, -0.05) is 18.5 Å². The van der Waals surface area contributed by atoms with Gasteiger partial charge in [-0.3, -0.25) is 0 Å². The second-order valence-corrected chi connectivity index (χ2v) is 5.47. The van der Waals surface area contributed by atoms with E-state index in [1.54, 1.807) is 7.11 Å². The maximum atomic E-state index is 6.08. The highest BCUT2D eigenvalue weighted by molar-refractivity contribution is 6.30. The normalized spacial score (nSPS) is 16.2. The van der Waals surface area contributed by atoms with Gasteiger partial charge in [0.05, 0.1) is 24.9 Å². The van der Waals surface area contributed by atoms with Crippen LogP contribution in [0.4, 0.5) is 5.69 Å². The lowest BCUT2D eigenvalue weighted by atomic mass is 10.1. The number of hydrogen-bond acceptors (Lipinski definition) is 3. The van der Waals surface area contributed by atoms with Crippen molar-refractivity contribution in [2.45, 2.75) is 32.2 Å². The highest BCUT2D eigenvalue weighted by atomic mass is 35.5. The van der Waals surface area contributed by atoms with Crippen LogP contribution in [-0.4, -0.2) is 26.4 Å². The van der Waals surface area contributed by atoms with Gasteiger partial charge in [0, 0.05) is 12.1 Å². The van der Waals surface area contributed by atoms with Crippen LogP contribution < -0.4 is 10.1 Å². The summed E-state index contributed by atoms with van der Waals surface area (Å²) < 4.78 is 11.1. The van der Waals surface area contributed by atoms with E-state index in [1.807, 2.05) is 18.2 Å². The predicted molar refractivity (Wildman–Crippen MR) is 79.2 cm³/mol. The minimum absolute atomic E-state index is 0.340. The zero-order valence-corrected chi connectivity index (χ0v) is 12.4. The first kappa shape index (κ1) is 14.5. The van der Waals surface area contributed by atoms with Crippen molar-refractivity contribution in [1.29, 1.82) is 0 Å². The van der Waals surface area contributed by atoms with Crippen LogP contribution in [0.25, 0.3) is 0 Å². The maximum Gasteiger partial charge on any atom is 0.142 e. The van der Waals surface area contributed by atoms with Gasteiger partial charge in [0.25, 0.3) is 0 Å². The SMILES string of the molecule is CCCOc1ccc(Cl)cc1NC(COC)C1CC1. The number of methoxy groups -OCH3 is 1. The summed E-state index contributed by atoms with van der Waals surface area (Å²) in [4.78, 5) is 0. The summed E-state index contributed by atoms with van der Waals surface area (Å²) in [5.74, 6) is 1.57. The maximum absolute atomic E-state index is 6.08. The Labute approximate surface area is 120 Å². The summed E-state index contributed by atoms with van der Waals surface area (Å²) in [5, 5.41) is 4.25. The van der Waals surface area contributed by atoms with Crippen molar-refractivity contribution in [3.63, 3.8) is 0 Å². The molecule has 1 unspecified atom stereocenters. The lowest BCUT2D eigenvalue weighted by molar-refractivity contribution is 0.179. The summed E-state index contributed by atoms with van der Waals surface area (Å²) in [6.07, 6.45) is 3.53. The molecule has 0 amide bonds. The molecule has 1 aliphatic rings. The monoisotopic (exact) mass is 283 g/mol. The average Bonchev–Trinajstić information content (AvgIpc) is 3.21. The minimum atomic E-state index is 0.340. The van der Waals surface area contributed by atoms with Gasteiger partial charge >= 0.3 is 0 Å². The van der Waals surface area contributed by atoms with E-state index in [4.69, 9.17) is 21.1 Å². The summed E-state index contributed by atoms with van der Waals surface area (Å²) in [6.45, 7) is 3.53. The molecule has 0 saturated heterocycles. The number of nitrogens with one attached hydrogen (secondary N) is 1. The number of anilines is 1. The van der Waals surface area contributed by atoms with Crippen LogP contribution in [0.2, 0.25) is 5.02 Å². The van der Waals surface area contributed by atoms with Gasteiger partial charge in [-0.25, -0.2) is 0 Å². The molecular formula is C15H22ClNO2. The molecule has 4 heteroatoms. The molecule has 3 nitrogen and oxygen atoms in total. The van der Waals surface area contributed by atoms with E-state index in [-0.39, 0.29) is 0 Å². The van der Waals surface area contributed by atoms with Crippen molar-refractivity contribution in [3.05, 3.63) is 23.2 Å². The van der Waals surface area contributed by atoms with E-state index in [1.165, 1.54) is 12.8 Å². The topological polar surface area (TPSA) is 30.5 Å². The molecule has 0 radical (unpaired) electrons. The molecule has 19 heavy (non-hydrogen) atoms. The van der Waals surface area contributed by atoms with Crippen LogP contribution >= 0.6 is 11.6 Å². The Morgan fingerprint density at radius 1 is 1.42 bits per heavy atom. The van der Waals surface area contributed by atoms with E-state index in [9.17, 15) is 0 Å². The second-order valence-electron chi connectivity index (χ2n) is 5.03. The average molecular weight is 284 g/mol. The molecule has 1 atom stereocenters. The minimum Gasteiger partial charge on any atom is -0.491 e. The van der Waals surface area contributed by atoms with Gasteiger partial charge in [0.1, 0.15) is 5.75 Å². The predicted octanol–water partition coefficient (Wildman–Crippen LogP) is 3.97. The number of ether oxygens (including phenoxy) is 2. The van der Waals surface area contributed by atoms with Crippen molar-refractivity contribution in [2.75, 3.05) is 25.6 Å². The fraction of sp³-hybridized carbons (Fsp3) is 0.600. The van der Waals surface area contributed by atoms with Crippen molar-refractivity contribution in [2.24, 2.45) is 5.92 Å². The smallest absolute Gasteiger partial charge is 0.142 e. The van der Waals surface area contributed by atoms with E-state index < -0.39 is 0 Å². The molecular weight excluding hydrogens is 262 g/mol. The molecule has 0 spiro atoms. The molecule has 1 fully saturated rings. The highest BCUT2D eigenvalue weighted by Gasteiger charge is 2.31. The molecule has 2 rings (SSSR count). The van der Waals surface area contributed by atoms with Gasteiger partial charge in [-0.2, -0.15) is 0 Å². The Kier molecular flexibility index (Phi) is 5.34. The molecule has 106 valence electrons. The number of benzene rings is 1. The lowest BCUT2D eigenvalue weighted by Crippen LogP contribution is -2.27. The van der Waals surface area contributed by atoms with Crippen LogP contribution in [0.1, 0.15) is 26.2 Å². The fourth-order valence-corrected chi connectivity index (χ4v) is 2.30. The molecule has 1 saturated carbocycles. The summed E-state index contributed by atoms with van der Waals surface area (Å²) in [6, 6.07) is 6.06. The summed E-state index contributed by atoms with van der Waals surface area (Å²) in [7, 11) is 1.74. The molecule has 1 aromatic carbocycles. The van der Waals surface area contributed by atoms with E-state index in [0.717, 1.165) is 22.9 Å². The molecule has 0 aromatic heterocycles. The van der Waals surface area contributed by atoms with Crippen LogP contribution in [-0.2, 0) is 4.74 Å². The van der Waals surface area contributed by atoms with Crippen LogP contribution in [0.15, 0.2) is 18.2 Å². The molecule has 0 heterocycles. The molecule has 1 aromatic rings. The zero-order chi connectivity index (χ0) is 13.7. The summed E-state index contributed by atoms with van der Waals surface area (Å²) >= 11 is 6.08. The first-order valence-electron chi connectivity index (χ1n) is 6.92. The quantitative estimate of drug-likeness (QED) is 0.783. The van der Waals surface area contributed by atoms with Crippen LogP contribution in [0.3, 0.4) is 0 Å². The Morgan fingerprint density at radius 3 is 2.84 bits per heavy atom. The fourth-order valence-electron chi connectivity index (χ4n) is 2.13. The summed E-state index contributed by atoms with van der Waals surface area (Å²) in [5.41, 5.74) is 0.968. The van der Waals surface area contributed by atoms with Crippen molar-refractivity contribution < 1.29 is 9.47 Å². The van der Waals surface area contributed by atoms with E-state index in [0.29, 0.717) is 25.2 Å². The first-order chi connectivity index (χ1) is 9.24. The Bertz CT molecular complexity index is 407. The van der Waals surface area contributed by atoms with Crippen molar-refractivity contribution in [3.8, 4) is 5.75 Å². The molecule has 0 aliphatic heterocycles. The van der Waals surface area contributed by atoms with Gasteiger partial charge in [-0.15, -0.1) is 0 Å². The van der Waals surface area contributed by atoms with Gasteiger partial charge in [0.2, 0.25) is 0 Å². The number of halogens is 1. The van der Waals surface area contributed by atoms with Crippen LogP contribution in [0, 0.1) is 5.92 Å². The molecule has 1 aliphatic carbocycles. The Balaban J connectivity index is 2.09. The highest BCUT2D eigenvalue weighted by Crippen LogP contribution is 2.36. The van der Waals surface area contributed by atoms with E-state index >= 15 is 0 Å². The van der Waals surface area contributed by atoms with Gasteiger partial charge in [0.15, 0.2) is 0 Å². The largest absolute Gasteiger partial charge is 0.491 e.